The maximum absolute atomic E-state index is 2.69. The van der Waals surface area contributed by atoms with Gasteiger partial charge in [0.15, 0.2) is 0 Å². The summed E-state index contributed by atoms with van der Waals surface area (Å²) in [6, 6.07) is 34.2. The van der Waals surface area contributed by atoms with E-state index in [-0.39, 0.29) is 11.6 Å². The van der Waals surface area contributed by atoms with E-state index in [0.29, 0.717) is 0 Å². The Balaban J connectivity index is 1.53. The van der Waals surface area contributed by atoms with Gasteiger partial charge in [-0.1, -0.05) is 86.6 Å². The number of aryl methyl sites for hydroxylation is 2. The summed E-state index contributed by atoms with van der Waals surface area (Å²) in [7, 11) is 0. The first-order valence-corrected chi connectivity index (χ1v) is 13.4. The van der Waals surface area contributed by atoms with Crippen molar-refractivity contribution in [2.75, 3.05) is 9.80 Å². The first-order valence-electron chi connectivity index (χ1n) is 13.4. The summed E-state index contributed by atoms with van der Waals surface area (Å²) >= 11 is 0. The summed E-state index contributed by atoms with van der Waals surface area (Å²) in [4.78, 5) is 5.32. The number of fused-ring (bicyclic) bond motifs is 4. The Labute approximate surface area is 213 Å². The molecule has 4 aliphatic rings. The van der Waals surface area contributed by atoms with Gasteiger partial charge in [-0.05, 0) is 66.1 Å². The molecule has 0 N–H and O–H groups in total. The van der Waals surface area contributed by atoms with Gasteiger partial charge in [0.2, 0.25) is 0 Å². The van der Waals surface area contributed by atoms with Gasteiger partial charge in [-0.25, -0.2) is 0 Å². The van der Waals surface area contributed by atoms with Crippen LogP contribution in [0.5, 0.6) is 0 Å². The van der Waals surface area contributed by atoms with E-state index in [1.54, 1.807) is 11.1 Å². The third-order valence-corrected chi connectivity index (χ3v) is 8.92. The van der Waals surface area contributed by atoms with Crippen molar-refractivity contribution in [3.63, 3.8) is 0 Å². The largest absolute Gasteiger partial charge is 0.317 e. The van der Waals surface area contributed by atoms with Crippen LogP contribution in [0.2, 0.25) is 0 Å². The zero-order valence-electron chi connectivity index (χ0n) is 21.0. The zero-order valence-corrected chi connectivity index (χ0v) is 21.0. The van der Waals surface area contributed by atoms with Crippen molar-refractivity contribution in [1.29, 1.82) is 0 Å². The van der Waals surface area contributed by atoms with Gasteiger partial charge in [-0.15, -0.1) is 0 Å². The number of nitrogens with zero attached hydrogens (tertiary/aromatic N) is 2. The van der Waals surface area contributed by atoms with E-state index in [4.69, 9.17) is 0 Å². The highest BCUT2D eigenvalue weighted by molar-refractivity contribution is 6.15. The summed E-state index contributed by atoms with van der Waals surface area (Å²) in [5.41, 5.74) is 15.4. The molecule has 1 aliphatic carbocycles. The van der Waals surface area contributed by atoms with Crippen LogP contribution in [0.4, 0.5) is 11.4 Å². The first-order chi connectivity index (χ1) is 17.6. The predicted molar refractivity (Wildman–Crippen MR) is 150 cm³/mol. The lowest BCUT2D eigenvalue weighted by atomic mass is 9.79. The minimum Gasteiger partial charge on any atom is -0.317 e. The number of rotatable bonds is 2. The Hall–Kier alpha value is -3.78. The molecule has 0 spiro atoms. The lowest BCUT2D eigenvalue weighted by molar-refractivity contribution is 0.451. The van der Waals surface area contributed by atoms with E-state index in [0.717, 1.165) is 0 Å². The van der Waals surface area contributed by atoms with Gasteiger partial charge in [-0.2, -0.15) is 0 Å². The molecule has 1 atom stereocenters. The minimum absolute atomic E-state index is 0.0510. The maximum atomic E-state index is 2.69. The molecular formula is C34H30N2. The Bertz CT molecular complexity index is 1560. The van der Waals surface area contributed by atoms with Crippen molar-refractivity contribution in [1.82, 2.24) is 0 Å². The summed E-state index contributed by atoms with van der Waals surface area (Å²) in [5.74, 6) is 0. The maximum Gasteiger partial charge on any atom is 0.120 e. The molecule has 4 aromatic rings. The fraction of sp³-hybridized carbons (Fsp3) is 0.235. The lowest BCUT2D eigenvalue weighted by Gasteiger charge is -2.39. The van der Waals surface area contributed by atoms with Crippen molar-refractivity contribution in [3.05, 3.63) is 119 Å². The summed E-state index contributed by atoms with van der Waals surface area (Å²) in [6.07, 6.45) is 5.19. The van der Waals surface area contributed by atoms with Gasteiger partial charge in [0.25, 0.3) is 0 Å². The second-order valence-corrected chi connectivity index (χ2v) is 11.3. The van der Waals surface area contributed by atoms with Crippen LogP contribution in [0, 0.1) is 0 Å². The van der Waals surface area contributed by atoms with Gasteiger partial charge < -0.3 is 9.80 Å². The molecular weight excluding hydrogens is 436 g/mol. The Kier molecular flexibility index (Phi) is 4.05. The van der Waals surface area contributed by atoms with Crippen molar-refractivity contribution < 1.29 is 0 Å². The van der Waals surface area contributed by atoms with Crippen LogP contribution in [0.1, 0.15) is 54.5 Å². The van der Waals surface area contributed by atoms with Gasteiger partial charge in [0.05, 0.1) is 17.1 Å². The normalized spacial score (nSPS) is 20.3. The lowest BCUT2D eigenvalue weighted by Crippen LogP contribution is -2.48. The fourth-order valence-electron chi connectivity index (χ4n) is 7.34. The molecule has 0 saturated carbocycles. The van der Waals surface area contributed by atoms with Gasteiger partial charge in [-0.3, -0.25) is 0 Å². The second kappa shape index (κ2) is 7.13. The molecule has 4 aromatic carbocycles. The molecule has 176 valence electrons. The first kappa shape index (κ1) is 20.4. The fourth-order valence-corrected chi connectivity index (χ4v) is 7.34. The quantitative estimate of drug-likeness (QED) is 0.295. The Morgan fingerprint density at radius 2 is 1.31 bits per heavy atom. The van der Waals surface area contributed by atoms with Crippen molar-refractivity contribution in [3.8, 4) is 11.1 Å². The van der Waals surface area contributed by atoms with Crippen LogP contribution in [0.25, 0.3) is 22.5 Å². The topological polar surface area (TPSA) is 6.48 Å². The summed E-state index contributed by atoms with van der Waals surface area (Å²) < 4.78 is 0. The van der Waals surface area contributed by atoms with Gasteiger partial charge >= 0.3 is 0 Å². The molecule has 2 nitrogen and oxygen atoms in total. The smallest absolute Gasteiger partial charge is 0.120 e. The van der Waals surface area contributed by atoms with Crippen LogP contribution in [-0.2, 0) is 18.3 Å². The van der Waals surface area contributed by atoms with Crippen LogP contribution in [0.3, 0.4) is 0 Å². The van der Waals surface area contributed by atoms with Gasteiger partial charge in [0, 0.05) is 27.8 Å². The van der Waals surface area contributed by atoms with Crippen LogP contribution >= 0.6 is 0 Å². The molecule has 0 fully saturated rings. The SMILES string of the molecule is CC1(C)c2cccc3c2N2C(=C(c4ccccc4)N(c4ccccc4)C21)c1cc2c(cc1-3)CCCC2. The minimum atomic E-state index is -0.0510. The van der Waals surface area contributed by atoms with E-state index in [1.807, 2.05) is 0 Å². The molecule has 36 heavy (non-hydrogen) atoms. The Morgan fingerprint density at radius 3 is 2.03 bits per heavy atom. The summed E-state index contributed by atoms with van der Waals surface area (Å²) in [6.45, 7) is 4.87. The van der Waals surface area contributed by atoms with E-state index < -0.39 is 0 Å². The molecule has 1 unspecified atom stereocenters. The molecule has 3 aliphatic heterocycles. The van der Waals surface area contributed by atoms with E-state index in [1.165, 1.54) is 76.3 Å². The van der Waals surface area contributed by atoms with Crippen molar-refractivity contribution >= 4 is 22.8 Å². The Morgan fingerprint density at radius 1 is 0.639 bits per heavy atom. The molecule has 0 saturated heterocycles. The van der Waals surface area contributed by atoms with Crippen LogP contribution in [-0.4, -0.2) is 6.17 Å². The van der Waals surface area contributed by atoms with E-state index >= 15 is 0 Å². The van der Waals surface area contributed by atoms with Crippen LogP contribution < -0.4 is 9.80 Å². The molecule has 0 amide bonds. The van der Waals surface area contributed by atoms with Gasteiger partial charge in [0.1, 0.15) is 6.17 Å². The average Bonchev–Trinajstić information content (AvgIpc) is 3.40. The highest BCUT2D eigenvalue weighted by Gasteiger charge is 2.57. The second-order valence-electron chi connectivity index (χ2n) is 11.3. The number of anilines is 2. The molecule has 0 aromatic heterocycles. The monoisotopic (exact) mass is 466 g/mol. The number of para-hydroxylation sites is 2. The number of benzene rings is 4. The van der Waals surface area contributed by atoms with E-state index in [2.05, 4.69) is 115 Å². The molecule has 2 heteroatoms. The number of hydrogen-bond acceptors (Lipinski definition) is 2. The molecule has 0 radical (unpaired) electrons. The summed E-state index contributed by atoms with van der Waals surface area (Å²) in [5, 5.41) is 0. The highest BCUT2D eigenvalue weighted by atomic mass is 15.5. The predicted octanol–water partition coefficient (Wildman–Crippen LogP) is 8.02. The van der Waals surface area contributed by atoms with Crippen LogP contribution in [0.15, 0.2) is 91.0 Å². The molecule has 3 heterocycles. The molecule has 0 bridgehead atoms. The third kappa shape index (κ3) is 2.52. The van der Waals surface area contributed by atoms with E-state index in [9.17, 15) is 0 Å². The highest BCUT2D eigenvalue weighted by Crippen LogP contribution is 2.63. The third-order valence-electron chi connectivity index (χ3n) is 8.92. The number of hydrogen-bond donors (Lipinski definition) is 0. The standard InChI is InChI=1S/C34H30N2/c1-34(2)29-19-11-18-26-27-20-23-14-9-10-15-24(23)21-28(27)32-30(22-12-5-3-6-13-22)35(25-16-7-4-8-17-25)33(34)36(32)31(26)29/h3-8,11-13,16-21,33H,9-10,14-15H2,1-2H3. The average molecular weight is 467 g/mol. The van der Waals surface area contributed by atoms with Crippen molar-refractivity contribution in [2.24, 2.45) is 0 Å². The molecule has 8 rings (SSSR count). The zero-order chi connectivity index (χ0) is 24.0. The van der Waals surface area contributed by atoms with Crippen molar-refractivity contribution in [2.45, 2.75) is 51.1 Å².